The summed E-state index contributed by atoms with van der Waals surface area (Å²) in [6.07, 6.45) is 3.23. The van der Waals surface area contributed by atoms with Gasteiger partial charge in [0.1, 0.15) is 5.75 Å². The maximum absolute atomic E-state index is 12.3. The van der Waals surface area contributed by atoms with E-state index in [1.165, 1.54) is 11.1 Å². The Balaban J connectivity index is 1.56. The van der Waals surface area contributed by atoms with E-state index in [9.17, 15) is 9.59 Å². The summed E-state index contributed by atoms with van der Waals surface area (Å²) in [5.41, 5.74) is 3.18. The molecule has 0 fully saturated rings. The Morgan fingerprint density at radius 1 is 1.15 bits per heavy atom. The lowest BCUT2D eigenvalue weighted by atomic mass is 9.98. The van der Waals surface area contributed by atoms with Crippen LogP contribution in [0.5, 0.6) is 5.75 Å². The van der Waals surface area contributed by atoms with E-state index in [4.69, 9.17) is 4.74 Å². The third kappa shape index (κ3) is 4.63. The van der Waals surface area contributed by atoms with Crippen molar-refractivity contribution < 1.29 is 14.3 Å². The van der Waals surface area contributed by atoms with Gasteiger partial charge in [0, 0.05) is 18.3 Å². The number of hydrogen-bond donors (Lipinski definition) is 2. The Hall–Kier alpha value is -2.82. The van der Waals surface area contributed by atoms with E-state index in [-0.39, 0.29) is 17.9 Å². The lowest BCUT2D eigenvalue weighted by molar-refractivity contribution is -0.134. The van der Waals surface area contributed by atoms with E-state index in [0.29, 0.717) is 24.4 Å². The largest absolute Gasteiger partial charge is 0.426 e. The predicted octanol–water partition coefficient (Wildman–Crippen LogP) is 4.24. The summed E-state index contributed by atoms with van der Waals surface area (Å²) in [6.45, 7) is 2.60. The van der Waals surface area contributed by atoms with Crippen LogP contribution in [0.15, 0.2) is 48.5 Å². The van der Waals surface area contributed by atoms with Crippen LogP contribution < -0.4 is 15.4 Å². The van der Waals surface area contributed by atoms with Gasteiger partial charge in [0.15, 0.2) is 0 Å². The van der Waals surface area contributed by atoms with Gasteiger partial charge >= 0.3 is 12.0 Å². The van der Waals surface area contributed by atoms with Crippen LogP contribution >= 0.6 is 0 Å². The minimum Gasteiger partial charge on any atom is -0.426 e. The van der Waals surface area contributed by atoms with Gasteiger partial charge in [-0.2, -0.15) is 0 Å². The molecule has 0 spiro atoms. The topological polar surface area (TPSA) is 67.4 Å². The lowest BCUT2D eigenvalue weighted by Gasteiger charge is -2.12. The fourth-order valence-corrected chi connectivity index (χ4v) is 3.28. The van der Waals surface area contributed by atoms with Gasteiger partial charge in [0.2, 0.25) is 0 Å². The molecule has 0 saturated heterocycles. The Bertz CT molecular complexity index is 788. The molecule has 3 rings (SSSR count). The zero-order valence-corrected chi connectivity index (χ0v) is 15.0. The van der Waals surface area contributed by atoms with E-state index in [1.54, 1.807) is 24.3 Å². The molecule has 2 N–H and O–H groups in total. The summed E-state index contributed by atoms with van der Waals surface area (Å²) in [5, 5.41) is 5.48. The highest BCUT2D eigenvalue weighted by Gasteiger charge is 2.25. The van der Waals surface area contributed by atoms with Crippen molar-refractivity contribution in [1.29, 1.82) is 0 Å². The normalized spacial score (nSPS) is 15.2. The first-order valence-electron chi connectivity index (χ1n) is 9.09. The van der Waals surface area contributed by atoms with Crippen molar-refractivity contribution in [1.82, 2.24) is 5.32 Å². The number of rotatable bonds is 6. The minimum absolute atomic E-state index is 0.222. The molecular weight excluding hydrogens is 328 g/mol. The Morgan fingerprint density at radius 2 is 2.00 bits per heavy atom. The van der Waals surface area contributed by atoms with Gasteiger partial charge in [-0.3, -0.25) is 4.79 Å². The number of ether oxygens (including phenoxy) is 1. The molecule has 1 unspecified atom stereocenters. The zero-order valence-electron chi connectivity index (χ0n) is 15.0. The van der Waals surface area contributed by atoms with Gasteiger partial charge in [-0.25, -0.2) is 4.79 Å². The van der Waals surface area contributed by atoms with Gasteiger partial charge in [0.25, 0.3) is 0 Å². The lowest BCUT2D eigenvalue weighted by Crippen LogP contribution is -2.29. The van der Waals surface area contributed by atoms with Crippen molar-refractivity contribution in [2.24, 2.45) is 0 Å². The molecule has 0 aliphatic heterocycles. The fraction of sp³-hybridized carbons (Fsp3) is 0.333. The number of nitrogens with one attached hydrogen (secondary N) is 2. The smallest absolute Gasteiger partial charge is 0.319 e. The first kappa shape index (κ1) is 18.0. The molecule has 5 nitrogen and oxygen atoms in total. The summed E-state index contributed by atoms with van der Waals surface area (Å²) in [7, 11) is 0. The van der Waals surface area contributed by atoms with Crippen molar-refractivity contribution in [3.8, 4) is 5.75 Å². The predicted molar refractivity (Wildman–Crippen MR) is 102 cm³/mol. The standard InChI is InChI=1S/C21H24N2O3/c1-2-12-22-21(25)23-17-7-5-8-18(14-17)26-20(24)13-16-11-10-15-6-3-4-9-19(15)16/h3-9,14,16H,2,10-13H2,1H3,(H2,22,23,25). The zero-order chi connectivity index (χ0) is 18.4. The number of urea groups is 1. The van der Waals surface area contributed by atoms with Gasteiger partial charge in [0.05, 0.1) is 6.42 Å². The molecule has 2 amide bonds. The number of benzene rings is 2. The molecule has 0 radical (unpaired) electrons. The molecule has 26 heavy (non-hydrogen) atoms. The van der Waals surface area contributed by atoms with Gasteiger partial charge < -0.3 is 15.4 Å². The van der Waals surface area contributed by atoms with E-state index in [0.717, 1.165) is 19.3 Å². The molecule has 1 aliphatic rings. The molecule has 0 bridgehead atoms. The first-order valence-corrected chi connectivity index (χ1v) is 9.09. The van der Waals surface area contributed by atoms with Crippen LogP contribution in [0.3, 0.4) is 0 Å². The van der Waals surface area contributed by atoms with Crippen LogP contribution in [-0.4, -0.2) is 18.5 Å². The quantitative estimate of drug-likeness (QED) is 0.603. The van der Waals surface area contributed by atoms with Crippen LogP contribution in [0.2, 0.25) is 0 Å². The molecule has 5 heteroatoms. The summed E-state index contributed by atoms with van der Waals surface area (Å²) < 4.78 is 5.48. The SMILES string of the molecule is CCCNC(=O)Nc1cccc(OC(=O)CC2CCc3ccccc32)c1. The van der Waals surface area contributed by atoms with E-state index >= 15 is 0 Å². The van der Waals surface area contributed by atoms with E-state index in [2.05, 4.69) is 22.8 Å². The Labute approximate surface area is 153 Å². The Kier molecular flexibility index (Phi) is 5.89. The highest BCUT2D eigenvalue weighted by molar-refractivity contribution is 5.89. The molecule has 0 aromatic heterocycles. The Morgan fingerprint density at radius 3 is 2.85 bits per heavy atom. The van der Waals surface area contributed by atoms with Crippen LogP contribution in [-0.2, 0) is 11.2 Å². The number of anilines is 1. The third-order valence-electron chi connectivity index (χ3n) is 4.53. The second-order valence-corrected chi connectivity index (χ2v) is 6.52. The van der Waals surface area contributed by atoms with Gasteiger partial charge in [-0.05, 0) is 48.4 Å². The maximum Gasteiger partial charge on any atom is 0.319 e. The number of carbonyl (C=O) groups is 2. The molecule has 1 aliphatic carbocycles. The molecule has 2 aromatic rings. The second-order valence-electron chi connectivity index (χ2n) is 6.52. The average Bonchev–Trinajstić information content (AvgIpc) is 3.03. The number of aryl methyl sites for hydroxylation is 1. The number of amides is 2. The number of esters is 1. The molecule has 136 valence electrons. The second kappa shape index (κ2) is 8.52. The van der Waals surface area contributed by atoms with Crippen molar-refractivity contribution >= 4 is 17.7 Å². The summed E-state index contributed by atoms with van der Waals surface area (Å²) in [6, 6.07) is 14.9. The van der Waals surface area contributed by atoms with Crippen molar-refractivity contribution in [2.45, 2.75) is 38.5 Å². The molecular formula is C21H24N2O3. The fourth-order valence-electron chi connectivity index (χ4n) is 3.28. The average molecular weight is 352 g/mol. The number of hydrogen-bond acceptors (Lipinski definition) is 3. The highest BCUT2D eigenvalue weighted by Crippen LogP contribution is 2.35. The van der Waals surface area contributed by atoms with Gasteiger partial charge in [-0.1, -0.05) is 37.3 Å². The maximum atomic E-state index is 12.3. The molecule has 2 aromatic carbocycles. The first-order chi connectivity index (χ1) is 12.7. The van der Waals surface area contributed by atoms with E-state index in [1.807, 2.05) is 19.1 Å². The number of carbonyl (C=O) groups excluding carboxylic acids is 2. The van der Waals surface area contributed by atoms with Crippen molar-refractivity contribution in [2.75, 3.05) is 11.9 Å². The summed E-state index contributed by atoms with van der Waals surface area (Å²) >= 11 is 0. The van der Waals surface area contributed by atoms with Crippen LogP contribution in [0, 0.1) is 0 Å². The monoisotopic (exact) mass is 352 g/mol. The van der Waals surface area contributed by atoms with E-state index < -0.39 is 0 Å². The van der Waals surface area contributed by atoms with Crippen LogP contribution in [0.4, 0.5) is 10.5 Å². The third-order valence-corrected chi connectivity index (χ3v) is 4.53. The minimum atomic E-state index is -0.266. The van der Waals surface area contributed by atoms with Crippen LogP contribution in [0.1, 0.15) is 43.2 Å². The van der Waals surface area contributed by atoms with Crippen molar-refractivity contribution in [3.63, 3.8) is 0 Å². The molecule has 1 atom stereocenters. The van der Waals surface area contributed by atoms with Crippen molar-refractivity contribution in [3.05, 3.63) is 59.7 Å². The summed E-state index contributed by atoms with van der Waals surface area (Å²) in [5.74, 6) is 0.411. The van der Waals surface area contributed by atoms with Gasteiger partial charge in [-0.15, -0.1) is 0 Å². The number of fused-ring (bicyclic) bond motifs is 1. The molecule has 0 heterocycles. The highest BCUT2D eigenvalue weighted by atomic mass is 16.5. The molecule has 0 saturated carbocycles. The van der Waals surface area contributed by atoms with Crippen LogP contribution in [0.25, 0.3) is 0 Å². The summed E-state index contributed by atoms with van der Waals surface area (Å²) in [4.78, 5) is 24.1.